The Morgan fingerprint density at radius 2 is 1.83 bits per heavy atom. The van der Waals surface area contributed by atoms with E-state index in [0.717, 1.165) is 19.3 Å². The molecule has 1 aliphatic heterocycles. The molecule has 3 amide bonds. The Kier molecular flexibility index (Phi) is 12.5. The van der Waals surface area contributed by atoms with Gasteiger partial charge in [-0.1, -0.05) is 44.2 Å². The molecule has 1 aromatic carbocycles. The fourth-order valence-corrected chi connectivity index (χ4v) is 5.52. The first-order chi connectivity index (χ1) is 20.0. The van der Waals surface area contributed by atoms with E-state index >= 15 is 0 Å². The smallest absolute Gasteiger partial charge is 0.312 e. The molecule has 0 spiro atoms. The molecule has 0 bridgehead atoms. The van der Waals surface area contributed by atoms with Crippen LogP contribution in [0.2, 0.25) is 0 Å². The van der Waals surface area contributed by atoms with Crippen LogP contribution in [0.1, 0.15) is 76.5 Å². The number of methoxy groups -OCH3 is 1. The molecule has 1 fully saturated rings. The maximum Gasteiger partial charge on any atom is 0.312 e. The third kappa shape index (κ3) is 8.88. The van der Waals surface area contributed by atoms with Gasteiger partial charge in [-0.15, -0.1) is 0 Å². The molecular weight excluding hydrogens is 536 g/mol. The van der Waals surface area contributed by atoms with Crippen molar-refractivity contribution in [2.75, 3.05) is 20.7 Å². The zero-order valence-electron chi connectivity index (χ0n) is 25.9. The Balaban J connectivity index is 1.51. The van der Waals surface area contributed by atoms with Gasteiger partial charge in [0.1, 0.15) is 12.1 Å². The van der Waals surface area contributed by atoms with E-state index in [1.807, 2.05) is 0 Å². The predicted molar refractivity (Wildman–Crippen MR) is 161 cm³/mol. The molecule has 3 rings (SSSR count). The molecule has 10 nitrogen and oxygen atoms in total. The topological polar surface area (TPSA) is 126 Å². The summed E-state index contributed by atoms with van der Waals surface area (Å²) >= 11 is 0. The van der Waals surface area contributed by atoms with Crippen LogP contribution < -0.4 is 16.1 Å². The molecule has 0 aromatic heterocycles. The second kappa shape index (κ2) is 15.8. The van der Waals surface area contributed by atoms with Crippen LogP contribution in [0.15, 0.2) is 24.3 Å². The molecule has 5 atom stereocenters. The van der Waals surface area contributed by atoms with E-state index < -0.39 is 36.0 Å². The van der Waals surface area contributed by atoms with Crippen LogP contribution in [-0.4, -0.2) is 73.7 Å². The van der Waals surface area contributed by atoms with Crippen molar-refractivity contribution in [2.24, 2.45) is 11.8 Å². The van der Waals surface area contributed by atoms with E-state index in [2.05, 4.69) is 46.4 Å². The van der Waals surface area contributed by atoms with Crippen LogP contribution in [0, 0.1) is 11.8 Å². The highest BCUT2D eigenvalue weighted by atomic mass is 16.6. The number of ether oxygens (including phenoxy) is 2. The molecule has 232 valence electrons. The fraction of sp³-hybridized carbons (Fsp3) is 0.625. The highest BCUT2D eigenvalue weighted by Crippen LogP contribution is 2.24. The molecule has 3 N–H and O–H groups in total. The van der Waals surface area contributed by atoms with Gasteiger partial charge in [-0.2, -0.15) is 0 Å². The quantitative estimate of drug-likeness (QED) is 0.305. The summed E-state index contributed by atoms with van der Waals surface area (Å²) < 4.78 is 11.3. The average molecular weight is 585 g/mol. The number of fused-ring (bicyclic) bond motifs is 1. The molecule has 1 heterocycles. The van der Waals surface area contributed by atoms with Crippen molar-refractivity contribution in [2.45, 2.75) is 96.9 Å². The Labute approximate surface area is 249 Å². The summed E-state index contributed by atoms with van der Waals surface area (Å²) in [7, 11) is 3.12. The highest BCUT2D eigenvalue weighted by molar-refractivity contribution is 5.90. The van der Waals surface area contributed by atoms with Crippen LogP contribution in [0.3, 0.4) is 0 Å². The van der Waals surface area contributed by atoms with Crippen molar-refractivity contribution in [3.63, 3.8) is 0 Å². The standard InChI is InChI=1S/C32H48N4O6/c1-20(2)28(30(38)34-22(4)31(39)36-18-10-14-26(35-36)29(37)33-5)42-32(40)21(3)27(41-6)15-8-7-11-23-16-17-24-12-9-13-25(24)19-23/h7,11,16-17,19-22,26-28,35H,8-10,12-15,18H2,1-6H3,(H,33,37)(H,34,38)/b11-7+/t21-,22?,26?,27?,28?/m1/s1. The van der Waals surface area contributed by atoms with Crippen LogP contribution >= 0.6 is 0 Å². The molecule has 1 aliphatic carbocycles. The number of esters is 1. The van der Waals surface area contributed by atoms with Crippen molar-refractivity contribution in [3.05, 3.63) is 41.0 Å². The summed E-state index contributed by atoms with van der Waals surface area (Å²) in [5, 5.41) is 6.64. The Bertz CT molecular complexity index is 1140. The van der Waals surface area contributed by atoms with Gasteiger partial charge in [0, 0.05) is 20.7 Å². The number of likely N-dealkylation sites (N-methyl/N-ethyl adjacent to an activating group) is 1. The molecule has 2 aliphatic rings. The second-order valence-corrected chi connectivity index (χ2v) is 11.7. The van der Waals surface area contributed by atoms with E-state index in [4.69, 9.17) is 9.47 Å². The van der Waals surface area contributed by atoms with Gasteiger partial charge in [0.2, 0.25) is 5.91 Å². The number of hydrazine groups is 1. The first-order valence-electron chi connectivity index (χ1n) is 15.2. The number of carbonyl (C=O) groups is 4. The third-order valence-electron chi connectivity index (χ3n) is 8.13. The SMILES string of the molecule is CNC(=O)C1CCCN(C(=O)C(C)NC(=O)C(OC(=O)[C@H](C)C(CC/C=C/c2ccc3c(c2)CCC3)OC)C(C)C)N1. The number of hydrogen-bond acceptors (Lipinski definition) is 7. The van der Waals surface area contributed by atoms with Crippen molar-refractivity contribution in [3.8, 4) is 0 Å². The maximum absolute atomic E-state index is 13.1. The molecule has 1 aromatic rings. The number of allylic oxidation sites excluding steroid dienone is 1. The lowest BCUT2D eigenvalue weighted by Gasteiger charge is -2.34. The average Bonchev–Trinajstić information content (AvgIpc) is 3.46. The first kappa shape index (κ1) is 33.3. The number of hydrogen-bond donors (Lipinski definition) is 3. The number of rotatable bonds is 13. The largest absolute Gasteiger partial charge is 0.452 e. The molecule has 42 heavy (non-hydrogen) atoms. The van der Waals surface area contributed by atoms with Gasteiger partial charge in [0.15, 0.2) is 6.10 Å². The lowest BCUT2D eigenvalue weighted by atomic mass is 9.99. The monoisotopic (exact) mass is 584 g/mol. The van der Waals surface area contributed by atoms with Crippen molar-refractivity contribution in [1.82, 2.24) is 21.1 Å². The zero-order valence-corrected chi connectivity index (χ0v) is 25.9. The number of amides is 3. The lowest BCUT2D eigenvalue weighted by Crippen LogP contribution is -2.61. The Morgan fingerprint density at radius 1 is 1.10 bits per heavy atom. The van der Waals surface area contributed by atoms with Crippen LogP contribution in [0.5, 0.6) is 0 Å². The Morgan fingerprint density at radius 3 is 2.52 bits per heavy atom. The highest BCUT2D eigenvalue weighted by Gasteiger charge is 2.35. The fourth-order valence-electron chi connectivity index (χ4n) is 5.52. The number of nitrogens with one attached hydrogen (secondary N) is 3. The first-order valence-corrected chi connectivity index (χ1v) is 15.2. The number of benzene rings is 1. The van der Waals surface area contributed by atoms with Crippen LogP contribution in [0.4, 0.5) is 0 Å². The molecule has 4 unspecified atom stereocenters. The molecule has 0 saturated carbocycles. The molecule has 10 heteroatoms. The minimum Gasteiger partial charge on any atom is -0.452 e. The van der Waals surface area contributed by atoms with Gasteiger partial charge < -0.3 is 20.1 Å². The van der Waals surface area contributed by atoms with Gasteiger partial charge in [0.05, 0.1) is 12.0 Å². The number of carbonyl (C=O) groups excluding carboxylic acids is 4. The summed E-state index contributed by atoms with van der Waals surface area (Å²) in [6.07, 6.45) is 8.90. The van der Waals surface area contributed by atoms with E-state index in [1.54, 1.807) is 41.9 Å². The van der Waals surface area contributed by atoms with Crippen molar-refractivity contribution < 1.29 is 28.7 Å². The zero-order chi connectivity index (χ0) is 30.8. The minimum absolute atomic E-state index is 0.199. The number of nitrogens with zero attached hydrogens (tertiary/aromatic N) is 1. The van der Waals surface area contributed by atoms with Gasteiger partial charge in [-0.05, 0) is 81.4 Å². The van der Waals surface area contributed by atoms with Crippen molar-refractivity contribution >= 4 is 29.8 Å². The molecule has 1 saturated heterocycles. The summed E-state index contributed by atoms with van der Waals surface area (Å²) in [5.74, 6) is -2.54. The molecule has 0 radical (unpaired) electrons. The third-order valence-corrected chi connectivity index (χ3v) is 8.13. The van der Waals surface area contributed by atoms with Crippen LogP contribution in [-0.2, 0) is 41.5 Å². The van der Waals surface area contributed by atoms with E-state index in [1.165, 1.54) is 28.1 Å². The van der Waals surface area contributed by atoms with Gasteiger partial charge >= 0.3 is 5.97 Å². The summed E-state index contributed by atoms with van der Waals surface area (Å²) in [5.41, 5.74) is 6.99. The van der Waals surface area contributed by atoms with Crippen molar-refractivity contribution in [1.29, 1.82) is 0 Å². The Hall–Kier alpha value is -3.24. The summed E-state index contributed by atoms with van der Waals surface area (Å²) in [6, 6.07) is 5.22. The van der Waals surface area contributed by atoms with Gasteiger partial charge in [0.25, 0.3) is 11.8 Å². The van der Waals surface area contributed by atoms with Crippen LogP contribution in [0.25, 0.3) is 6.08 Å². The normalized spacial score (nSPS) is 19.6. The lowest BCUT2D eigenvalue weighted by molar-refractivity contribution is -0.166. The van der Waals surface area contributed by atoms with Gasteiger partial charge in [-0.25, -0.2) is 5.43 Å². The number of aryl methyl sites for hydroxylation is 2. The maximum atomic E-state index is 13.1. The van der Waals surface area contributed by atoms with E-state index in [9.17, 15) is 19.2 Å². The van der Waals surface area contributed by atoms with E-state index in [-0.39, 0.29) is 23.8 Å². The van der Waals surface area contributed by atoms with Gasteiger partial charge in [-0.3, -0.25) is 24.2 Å². The minimum atomic E-state index is -1.07. The summed E-state index contributed by atoms with van der Waals surface area (Å²) in [6.45, 7) is 7.31. The summed E-state index contributed by atoms with van der Waals surface area (Å²) in [4.78, 5) is 51.2. The molecular formula is C32H48N4O6. The second-order valence-electron chi connectivity index (χ2n) is 11.7. The predicted octanol–water partition coefficient (Wildman–Crippen LogP) is 2.93. The van der Waals surface area contributed by atoms with E-state index in [0.29, 0.717) is 25.8 Å².